The van der Waals surface area contributed by atoms with Crippen LogP contribution in [0.3, 0.4) is 0 Å². The Kier molecular flexibility index (Phi) is 3.76. The van der Waals surface area contributed by atoms with Crippen LogP contribution in [0.15, 0.2) is 18.2 Å². The van der Waals surface area contributed by atoms with Crippen molar-refractivity contribution in [2.45, 2.75) is 38.6 Å². The van der Waals surface area contributed by atoms with Crippen LogP contribution in [0.1, 0.15) is 41.3 Å². The molecule has 106 valence electrons. The number of hydrogen-bond donors (Lipinski definition) is 1. The number of nitrogens with two attached hydrogens (primary N) is 1. The fraction of sp³-hybridized carbons (Fsp3) is 0.438. The molecule has 0 saturated carbocycles. The molecule has 2 N–H and O–H groups in total. The van der Waals surface area contributed by atoms with Crippen LogP contribution in [-0.4, -0.2) is 12.1 Å². The molecular formula is C16H20N2OS. The van der Waals surface area contributed by atoms with Gasteiger partial charge in [-0.05, 0) is 37.0 Å². The number of hydrogen-bond acceptors (Lipinski definition) is 4. The van der Waals surface area contributed by atoms with Gasteiger partial charge in [0.15, 0.2) is 0 Å². The fourth-order valence-electron chi connectivity index (χ4n) is 2.71. The van der Waals surface area contributed by atoms with Crippen LogP contribution in [0.2, 0.25) is 0 Å². The first-order valence-electron chi connectivity index (χ1n) is 7.15. The van der Waals surface area contributed by atoms with Gasteiger partial charge < -0.3 is 10.5 Å². The summed E-state index contributed by atoms with van der Waals surface area (Å²) < 4.78 is 5.34. The van der Waals surface area contributed by atoms with E-state index >= 15 is 0 Å². The Labute approximate surface area is 123 Å². The molecule has 0 bridgehead atoms. The number of ether oxygens (including phenoxy) is 1. The maximum absolute atomic E-state index is 6.22. The number of benzene rings is 1. The van der Waals surface area contributed by atoms with Gasteiger partial charge in [0.2, 0.25) is 0 Å². The van der Waals surface area contributed by atoms with E-state index in [-0.39, 0.29) is 6.04 Å². The van der Waals surface area contributed by atoms with E-state index in [4.69, 9.17) is 15.5 Å². The monoisotopic (exact) mass is 288 g/mol. The lowest BCUT2D eigenvalue weighted by Crippen LogP contribution is -2.09. The number of fused-ring (bicyclic) bond motifs is 3. The molecule has 20 heavy (non-hydrogen) atoms. The molecule has 0 amide bonds. The molecule has 1 heterocycles. The number of thiazole rings is 1. The van der Waals surface area contributed by atoms with Gasteiger partial charge in [-0.3, -0.25) is 0 Å². The van der Waals surface area contributed by atoms with Gasteiger partial charge in [-0.15, -0.1) is 11.3 Å². The maximum Gasteiger partial charge on any atom is 0.119 e. The van der Waals surface area contributed by atoms with Gasteiger partial charge in [0, 0.05) is 10.4 Å². The lowest BCUT2D eigenvalue weighted by Gasteiger charge is -2.15. The van der Waals surface area contributed by atoms with Crippen LogP contribution < -0.4 is 10.5 Å². The van der Waals surface area contributed by atoms with Crippen LogP contribution >= 0.6 is 11.3 Å². The summed E-state index contributed by atoms with van der Waals surface area (Å²) in [7, 11) is 1.70. The van der Waals surface area contributed by atoms with Crippen molar-refractivity contribution < 1.29 is 4.74 Å². The van der Waals surface area contributed by atoms with E-state index in [1.165, 1.54) is 16.0 Å². The first kappa shape index (κ1) is 13.6. The second-order valence-corrected chi connectivity index (χ2v) is 6.36. The van der Waals surface area contributed by atoms with Crippen LogP contribution in [0.4, 0.5) is 0 Å². The summed E-state index contributed by atoms with van der Waals surface area (Å²) in [5, 5.41) is 1.08. The number of methoxy groups -OCH3 is 1. The summed E-state index contributed by atoms with van der Waals surface area (Å²) in [4.78, 5) is 6.19. The van der Waals surface area contributed by atoms with E-state index in [1.807, 2.05) is 6.07 Å². The summed E-state index contributed by atoms with van der Waals surface area (Å²) >= 11 is 1.78. The molecule has 0 saturated heterocycles. The minimum atomic E-state index is 0.0738. The number of aromatic nitrogens is 1. The third-order valence-corrected chi connectivity index (χ3v) is 5.07. The van der Waals surface area contributed by atoms with Gasteiger partial charge >= 0.3 is 0 Å². The summed E-state index contributed by atoms with van der Waals surface area (Å²) in [6.45, 7) is 2.16. The molecule has 1 aliphatic rings. The van der Waals surface area contributed by atoms with E-state index < -0.39 is 0 Å². The van der Waals surface area contributed by atoms with Gasteiger partial charge in [0.25, 0.3) is 0 Å². The zero-order chi connectivity index (χ0) is 14.1. The molecule has 1 aromatic carbocycles. The van der Waals surface area contributed by atoms with Gasteiger partial charge in [-0.2, -0.15) is 0 Å². The van der Waals surface area contributed by atoms with E-state index in [2.05, 4.69) is 19.1 Å². The highest BCUT2D eigenvalue weighted by Crippen LogP contribution is 2.39. The zero-order valence-corrected chi connectivity index (χ0v) is 12.8. The molecule has 3 rings (SSSR count). The first-order valence-corrected chi connectivity index (χ1v) is 7.97. The predicted molar refractivity (Wildman–Crippen MR) is 83.3 cm³/mol. The molecule has 0 spiro atoms. The summed E-state index contributed by atoms with van der Waals surface area (Å²) in [5.41, 5.74) is 9.92. The van der Waals surface area contributed by atoms with Crippen molar-refractivity contribution in [3.8, 4) is 17.0 Å². The largest absolute Gasteiger partial charge is 0.497 e. The SMILES string of the molecule is CCCC(N)c1nc2c(s1)CCc1ccc(OC)cc1-2. The van der Waals surface area contributed by atoms with E-state index in [9.17, 15) is 0 Å². The van der Waals surface area contributed by atoms with Gasteiger partial charge in [0.1, 0.15) is 10.8 Å². The third kappa shape index (κ3) is 2.34. The molecule has 4 heteroatoms. The predicted octanol–water partition coefficient (Wildman–Crippen LogP) is 3.72. The van der Waals surface area contributed by atoms with Crippen molar-refractivity contribution in [2.75, 3.05) is 7.11 Å². The Hall–Kier alpha value is -1.39. The van der Waals surface area contributed by atoms with E-state index in [0.29, 0.717) is 0 Å². The third-order valence-electron chi connectivity index (χ3n) is 3.82. The fourth-order valence-corrected chi connectivity index (χ4v) is 3.83. The quantitative estimate of drug-likeness (QED) is 0.932. The molecule has 1 aliphatic carbocycles. The van der Waals surface area contributed by atoms with E-state index in [0.717, 1.165) is 42.1 Å². The summed E-state index contributed by atoms with van der Waals surface area (Å²) in [5.74, 6) is 0.893. The summed E-state index contributed by atoms with van der Waals surface area (Å²) in [6, 6.07) is 6.36. The van der Waals surface area contributed by atoms with Gasteiger partial charge in [-0.25, -0.2) is 4.98 Å². The minimum Gasteiger partial charge on any atom is -0.497 e. The van der Waals surface area contributed by atoms with Gasteiger partial charge in [-0.1, -0.05) is 19.4 Å². The van der Waals surface area contributed by atoms with Crippen molar-refractivity contribution in [3.63, 3.8) is 0 Å². The minimum absolute atomic E-state index is 0.0738. The number of aryl methyl sites for hydroxylation is 2. The molecule has 1 aromatic heterocycles. The van der Waals surface area contributed by atoms with Crippen molar-refractivity contribution >= 4 is 11.3 Å². The molecule has 0 aliphatic heterocycles. The van der Waals surface area contributed by atoms with Crippen LogP contribution in [-0.2, 0) is 12.8 Å². The highest BCUT2D eigenvalue weighted by atomic mass is 32.1. The normalized spacial score (nSPS) is 14.6. The van der Waals surface area contributed by atoms with Crippen LogP contribution in [0.25, 0.3) is 11.3 Å². The Morgan fingerprint density at radius 1 is 1.40 bits per heavy atom. The van der Waals surface area contributed by atoms with Crippen molar-refractivity contribution in [1.82, 2.24) is 4.98 Å². The van der Waals surface area contributed by atoms with Crippen LogP contribution in [0.5, 0.6) is 5.75 Å². The van der Waals surface area contributed by atoms with Crippen molar-refractivity contribution in [1.29, 1.82) is 0 Å². The standard InChI is InChI=1S/C16H20N2OS/c1-3-4-13(17)16-18-15-12-9-11(19-2)7-5-10(12)6-8-14(15)20-16/h5,7,9,13H,3-4,6,8,17H2,1-2H3. The Bertz CT molecular complexity index is 621. The molecule has 0 fully saturated rings. The number of rotatable bonds is 4. The van der Waals surface area contributed by atoms with Crippen molar-refractivity contribution in [2.24, 2.45) is 5.73 Å². The van der Waals surface area contributed by atoms with Gasteiger partial charge in [0.05, 0.1) is 18.8 Å². The van der Waals surface area contributed by atoms with Crippen LogP contribution in [0, 0.1) is 0 Å². The second-order valence-electron chi connectivity index (χ2n) is 5.24. The molecule has 2 aromatic rings. The number of nitrogens with zero attached hydrogens (tertiary/aromatic N) is 1. The molecule has 1 atom stereocenters. The molecular weight excluding hydrogens is 268 g/mol. The lowest BCUT2D eigenvalue weighted by atomic mass is 9.93. The molecule has 3 nitrogen and oxygen atoms in total. The summed E-state index contributed by atoms with van der Waals surface area (Å²) in [6.07, 6.45) is 4.25. The Morgan fingerprint density at radius 2 is 2.25 bits per heavy atom. The molecule has 0 radical (unpaired) electrons. The highest BCUT2D eigenvalue weighted by molar-refractivity contribution is 7.12. The zero-order valence-electron chi connectivity index (χ0n) is 12.0. The highest BCUT2D eigenvalue weighted by Gasteiger charge is 2.23. The molecule has 1 unspecified atom stereocenters. The van der Waals surface area contributed by atoms with E-state index in [1.54, 1.807) is 18.4 Å². The first-order chi connectivity index (χ1) is 9.72. The maximum atomic E-state index is 6.22. The Balaban J connectivity index is 2.02. The average Bonchev–Trinajstić information content (AvgIpc) is 2.91. The smallest absolute Gasteiger partial charge is 0.119 e. The second kappa shape index (κ2) is 5.54. The lowest BCUT2D eigenvalue weighted by molar-refractivity contribution is 0.415. The Morgan fingerprint density at radius 3 is 3.00 bits per heavy atom. The topological polar surface area (TPSA) is 48.1 Å². The average molecular weight is 288 g/mol. The van der Waals surface area contributed by atoms with Crippen molar-refractivity contribution in [3.05, 3.63) is 33.6 Å².